The predicted octanol–water partition coefficient (Wildman–Crippen LogP) is 4.11. The highest BCUT2D eigenvalue weighted by molar-refractivity contribution is 7.19. The van der Waals surface area contributed by atoms with E-state index in [0.717, 1.165) is 21.7 Å². The largest absolute Gasteiger partial charge is 0.375 e. The Morgan fingerprint density at radius 2 is 1.84 bits per heavy atom. The molecule has 0 aliphatic carbocycles. The molecule has 2 heterocycles. The van der Waals surface area contributed by atoms with Crippen LogP contribution in [-0.4, -0.2) is 9.97 Å². The first-order chi connectivity index (χ1) is 9.24. The molecule has 0 aliphatic rings. The van der Waals surface area contributed by atoms with Gasteiger partial charge in [-0.05, 0) is 29.8 Å². The highest BCUT2D eigenvalue weighted by atomic mass is 35.5. The number of thiazole rings is 1. The summed E-state index contributed by atoms with van der Waals surface area (Å²) in [7, 11) is 0. The predicted molar refractivity (Wildman–Crippen MR) is 80.2 cm³/mol. The third kappa shape index (κ3) is 2.45. The van der Waals surface area contributed by atoms with Gasteiger partial charge >= 0.3 is 0 Å². The normalized spacial score (nSPS) is 10.6. The van der Waals surface area contributed by atoms with Gasteiger partial charge in [0.15, 0.2) is 5.13 Å². The third-order valence-electron chi connectivity index (χ3n) is 2.68. The van der Waals surface area contributed by atoms with Crippen molar-refractivity contribution in [3.63, 3.8) is 0 Å². The van der Waals surface area contributed by atoms with Gasteiger partial charge in [-0.1, -0.05) is 35.1 Å². The molecule has 5 heteroatoms. The minimum Gasteiger partial charge on any atom is -0.375 e. The Bertz CT molecular complexity index is 710. The van der Waals surface area contributed by atoms with E-state index in [4.69, 9.17) is 17.3 Å². The molecule has 0 amide bonds. The van der Waals surface area contributed by atoms with Crippen LogP contribution in [0.5, 0.6) is 0 Å². The van der Waals surface area contributed by atoms with Crippen LogP contribution in [0.4, 0.5) is 5.13 Å². The van der Waals surface area contributed by atoms with Crippen molar-refractivity contribution < 1.29 is 0 Å². The lowest BCUT2D eigenvalue weighted by Gasteiger charge is -2.02. The topological polar surface area (TPSA) is 51.8 Å². The zero-order valence-corrected chi connectivity index (χ0v) is 11.4. The van der Waals surface area contributed by atoms with Crippen LogP contribution in [0, 0.1) is 0 Å². The number of rotatable bonds is 2. The molecule has 2 N–H and O–H groups in total. The standard InChI is InChI=1S/C14H10ClN3S/c15-11-3-1-2-10(8-11)12-13(19-14(16)18-12)9-4-6-17-7-5-9/h1-8H,(H2,16,18). The van der Waals surface area contributed by atoms with Gasteiger partial charge in [0.1, 0.15) is 0 Å². The molecule has 3 nitrogen and oxygen atoms in total. The summed E-state index contributed by atoms with van der Waals surface area (Å²) in [6, 6.07) is 11.5. The van der Waals surface area contributed by atoms with E-state index in [1.54, 1.807) is 12.4 Å². The van der Waals surface area contributed by atoms with Gasteiger partial charge in [-0.15, -0.1) is 0 Å². The van der Waals surface area contributed by atoms with Crippen LogP contribution in [0.3, 0.4) is 0 Å². The SMILES string of the molecule is Nc1nc(-c2cccc(Cl)c2)c(-c2ccncc2)s1. The number of nitrogens with two attached hydrogens (primary N) is 1. The number of hydrogen-bond donors (Lipinski definition) is 1. The molecule has 0 atom stereocenters. The number of pyridine rings is 1. The van der Waals surface area contributed by atoms with E-state index in [-0.39, 0.29) is 0 Å². The van der Waals surface area contributed by atoms with Crippen molar-refractivity contribution in [2.24, 2.45) is 0 Å². The van der Waals surface area contributed by atoms with Gasteiger partial charge in [0.25, 0.3) is 0 Å². The van der Waals surface area contributed by atoms with Gasteiger partial charge in [0.2, 0.25) is 0 Å². The Kier molecular flexibility index (Phi) is 3.19. The van der Waals surface area contributed by atoms with Crippen molar-refractivity contribution in [3.8, 4) is 21.7 Å². The number of halogens is 1. The lowest BCUT2D eigenvalue weighted by Crippen LogP contribution is -1.84. The zero-order chi connectivity index (χ0) is 13.2. The molecular weight excluding hydrogens is 278 g/mol. The first-order valence-electron chi connectivity index (χ1n) is 5.66. The molecule has 3 aromatic rings. The van der Waals surface area contributed by atoms with Crippen molar-refractivity contribution in [1.82, 2.24) is 9.97 Å². The number of benzene rings is 1. The van der Waals surface area contributed by atoms with Gasteiger partial charge in [-0.25, -0.2) is 4.98 Å². The molecule has 1 aromatic carbocycles. The van der Waals surface area contributed by atoms with E-state index in [1.807, 2.05) is 36.4 Å². The van der Waals surface area contributed by atoms with E-state index in [9.17, 15) is 0 Å². The molecule has 2 aromatic heterocycles. The second-order valence-electron chi connectivity index (χ2n) is 3.98. The highest BCUT2D eigenvalue weighted by Gasteiger charge is 2.13. The minimum atomic E-state index is 0.543. The average molecular weight is 288 g/mol. The van der Waals surface area contributed by atoms with Crippen LogP contribution in [0.2, 0.25) is 5.02 Å². The van der Waals surface area contributed by atoms with Crippen LogP contribution in [0.25, 0.3) is 21.7 Å². The van der Waals surface area contributed by atoms with Crippen LogP contribution >= 0.6 is 22.9 Å². The fraction of sp³-hybridized carbons (Fsp3) is 0. The second kappa shape index (κ2) is 4.99. The minimum absolute atomic E-state index is 0.543. The Hall–Kier alpha value is -1.91. The summed E-state index contributed by atoms with van der Waals surface area (Å²) in [6.45, 7) is 0. The second-order valence-corrected chi connectivity index (χ2v) is 5.44. The molecule has 0 spiro atoms. The lowest BCUT2D eigenvalue weighted by atomic mass is 10.1. The van der Waals surface area contributed by atoms with Gasteiger partial charge in [0, 0.05) is 23.0 Å². The van der Waals surface area contributed by atoms with Crippen LogP contribution in [0.1, 0.15) is 0 Å². The first-order valence-corrected chi connectivity index (χ1v) is 6.86. The summed E-state index contributed by atoms with van der Waals surface area (Å²) >= 11 is 7.50. The van der Waals surface area contributed by atoms with Crippen LogP contribution in [0.15, 0.2) is 48.8 Å². The third-order valence-corrected chi connectivity index (χ3v) is 3.85. The van der Waals surface area contributed by atoms with Gasteiger partial charge in [0.05, 0.1) is 10.6 Å². The van der Waals surface area contributed by atoms with E-state index in [2.05, 4.69) is 9.97 Å². The van der Waals surface area contributed by atoms with Crippen molar-refractivity contribution in [2.75, 3.05) is 5.73 Å². The zero-order valence-electron chi connectivity index (χ0n) is 9.88. The van der Waals surface area contributed by atoms with Crippen LogP contribution in [-0.2, 0) is 0 Å². The highest BCUT2D eigenvalue weighted by Crippen LogP contribution is 2.38. The smallest absolute Gasteiger partial charge is 0.181 e. The quantitative estimate of drug-likeness (QED) is 0.772. The first kappa shape index (κ1) is 12.1. The summed E-state index contributed by atoms with van der Waals surface area (Å²) in [5.74, 6) is 0. The number of hydrogen-bond acceptors (Lipinski definition) is 4. The molecule has 94 valence electrons. The number of nitrogen functional groups attached to an aromatic ring is 1. The summed E-state index contributed by atoms with van der Waals surface area (Å²) in [5.41, 5.74) is 8.73. The summed E-state index contributed by atoms with van der Waals surface area (Å²) in [5, 5.41) is 1.23. The molecule has 0 radical (unpaired) electrons. The van der Waals surface area contributed by atoms with Crippen LogP contribution < -0.4 is 5.73 Å². The van der Waals surface area contributed by atoms with E-state index in [1.165, 1.54) is 11.3 Å². The van der Waals surface area contributed by atoms with E-state index < -0.39 is 0 Å². The maximum Gasteiger partial charge on any atom is 0.181 e. The Morgan fingerprint density at radius 3 is 2.58 bits per heavy atom. The van der Waals surface area contributed by atoms with Crippen molar-refractivity contribution in [3.05, 3.63) is 53.8 Å². The molecule has 0 aliphatic heterocycles. The summed E-state index contributed by atoms with van der Waals surface area (Å²) in [4.78, 5) is 9.47. The summed E-state index contributed by atoms with van der Waals surface area (Å²) < 4.78 is 0. The monoisotopic (exact) mass is 287 g/mol. The van der Waals surface area contributed by atoms with Gasteiger partial charge < -0.3 is 5.73 Å². The molecule has 0 fully saturated rings. The van der Waals surface area contributed by atoms with E-state index in [0.29, 0.717) is 10.2 Å². The van der Waals surface area contributed by atoms with Crippen molar-refractivity contribution in [2.45, 2.75) is 0 Å². The van der Waals surface area contributed by atoms with Crippen molar-refractivity contribution in [1.29, 1.82) is 0 Å². The molecule has 3 rings (SSSR count). The molecule has 0 saturated carbocycles. The average Bonchev–Trinajstić information content (AvgIpc) is 2.82. The Balaban J connectivity index is 2.18. The lowest BCUT2D eigenvalue weighted by molar-refractivity contribution is 1.33. The Morgan fingerprint density at radius 1 is 1.05 bits per heavy atom. The molecule has 19 heavy (non-hydrogen) atoms. The van der Waals surface area contributed by atoms with Gasteiger partial charge in [-0.3, -0.25) is 4.98 Å². The number of nitrogens with zero attached hydrogens (tertiary/aromatic N) is 2. The van der Waals surface area contributed by atoms with Crippen molar-refractivity contribution >= 4 is 28.1 Å². The summed E-state index contributed by atoms with van der Waals surface area (Å²) in [6.07, 6.45) is 3.51. The molecule has 0 bridgehead atoms. The molecule has 0 saturated heterocycles. The number of anilines is 1. The van der Waals surface area contributed by atoms with E-state index >= 15 is 0 Å². The fourth-order valence-electron chi connectivity index (χ4n) is 1.87. The Labute approximate surface area is 119 Å². The fourth-order valence-corrected chi connectivity index (χ4v) is 2.92. The molecular formula is C14H10ClN3S. The number of aromatic nitrogens is 2. The molecule has 0 unspecified atom stereocenters. The van der Waals surface area contributed by atoms with Gasteiger partial charge in [-0.2, -0.15) is 0 Å². The maximum atomic E-state index is 6.03. The maximum absolute atomic E-state index is 6.03.